The monoisotopic (exact) mass is 257 g/mol. The zero-order valence-corrected chi connectivity index (χ0v) is 12.3. The number of fused-ring (bicyclic) bond motifs is 1. The van der Waals surface area contributed by atoms with Crippen LogP contribution in [0.2, 0.25) is 0 Å². The van der Waals surface area contributed by atoms with Crippen molar-refractivity contribution in [2.24, 2.45) is 4.99 Å². The van der Waals surface area contributed by atoms with Crippen molar-refractivity contribution in [1.29, 1.82) is 0 Å². The summed E-state index contributed by atoms with van der Waals surface area (Å²) in [6.45, 7) is 10.4. The lowest BCUT2D eigenvalue weighted by Gasteiger charge is -2.32. The van der Waals surface area contributed by atoms with Gasteiger partial charge < -0.3 is 9.31 Å². The molecule has 0 atom stereocenters. The lowest BCUT2D eigenvalue weighted by Crippen LogP contribution is -2.41. The van der Waals surface area contributed by atoms with E-state index in [1.54, 1.807) is 0 Å². The van der Waals surface area contributed by atoms with E-state index >= 15 is 0 Å². The summed E-state index contributed by atoms with van der Waals surface area (Å²) in [6, 6.07) is 4.28. The van der Waals surface area contributed by atoms with Crippen LogP contribution in [0, 0.1) is 6.92 Å². The van der Waals surface area contributed by atoms with Crippen molar-refractivity contribution in [1.82, 2.24) is 0 Å². The third-order valence-electron chi connectivity index (χ3n) is 4.54. The molecule has 3 rings (SSSR count). The van der Waals surface area contributed by atoms with Crippen LogP contribution in [0.15, 0.2) is 17.1 Å². The van der Waals surface area contributed by atoms with E-state index in [4.69, 9.17) is 9.31 Å². The molecule has 2 aliphatic rings. The number of benzene rings is 1. The van der Waals surface area contributed by atoms with Gasteiger partial charge in [-0.05, 0) is 45.7 Å². The van der Waals surface area contributed by atoms with Gasteiger partial charge in [0.15, 0.2) is 0 Å². The first-order valence-corrected chi connectivity index (χ1v) is 6.82. The Morgan fingerprint density at radius 1 is 1.11 bits per heavy atom. The van der Waals surface area contributed by atoms with Gasteiger partial charge in [0, 0.05) is 18.1 Å². The minimum Gasteiger partial charge on any atom is -0.399 e. The Labute approximate surface area is 115 Å². The van der Waals surface area contributed by atoms with Gasteiger partial charge in [-0.25, -0.2) is 0 Å². The SMILES string of the molecule is Cc1ccc2c(c1B1OC(C)(C)C(C)(C)O1)N=CC2. The van der Waals surface area contributed by atoms with Crippen LogP contribution in [0.25, 0.3) is 0 Å². The third kappa shape index (κ3) is 1.85. The number of rotatable bonds is 1. The third-order valence-corrected chi connectivity index (χ3v) is 4.54. The normalized spacial score (nSPS) is 22.9. The number of hydrogen-bond acceptors (Lipinski definition) is 3. The predicted molar refractivity (Wildman–Crippen MR) is 78.8 cm³/mol. The van der Waals surface area contributed by atoms with Crippen molar-refractivity contribution in [3.63, 3.8) is 0 Å². The lowest BCUT2D eigenvalue weighted by molar-refractivity contribution is 0.00578. The number of hydrogen-bond donors (Lipinski definition) is 0. The highest BCUT2D eigenvalue weighted by molar-refractivity contribution is 6.64. The molecule has 0 N–H and O–H groups in total. The van der Waals surface area contributed by atoms with E-state index in [0.717, 1.165) is 17.6 Å². The molecule has 0 aliphatic carbocycles. The summed E-state index contributed by atoms with van der Waals surface area (Å²) in [5, 5.41) is 0. The largest absolute Gasteiger partial charge is 0.497 e. The quantitative estimate of drug-likeness (QED) is 0.724. The van der Waals surface area contributed by atoms with Crippen molar-refractivity contribution < 1.29 is 9.31 Å². The average molecular weight is 257 g/mol. The van der Waals surface area contributed by atoms with Gasteiger partial charge in [0.1, 0.15) is 0 Å². The molecule has 0 bridgehead atoms. The molecule has 0 amide bonds. The fraction of sp³-hybridized carbons (Fsp3) is 0.533. The van der Waals surface area contributed by atoms with Crippen molar-refractivity contribution in [2.45, 2.75) is 52.2 Å². The van der Waals surface area contributed by atoms with E-state index in [-0.39, 0.29) is 18.3 Å². The van der Waals surface area contributed by atoms with Gasteiger partial charge in [0.25, 0.3) is 0 Å². The molecule has 19 heavy (non-hydrogen) atoms. The molecule has 1 aromatic carbocycles. The molecule has 1 saturated heterocycles. The predicted octanol–water partition coefficient (Wildman–Crippen LogP) is 2.55. The van der Waals surface area contributed by atoms with Crippen LogP contribution in [-0.2, 0) is 15.7 Å². The van der Waals surface area contributed by atoms with Crippen molar-refractivity contribution in [2.75, 3.05) is 0 Å². The van der Waals surface area contributed by atoms with Gasteiger partial charge in [-0.15, -0.1) is 0 Å². The highest BCUT2D eigenvalue weighted by atomic mass is 16.7. The van der Waals surface area contributed by atoms with Crippen molar-refractivity contribution in [3.8, 4) is 0 Å². The van der Waals surface area contributed by atoms with Crippen molar-refractivity contribution >= 4 is 24.5 Å². The summed E-state index contributed by atoms with van der Waals surface area (Å²) < 4.78 is 12.3. The molecule has 100 valence electrons. The van der Waals surface area contributed by atoms with Crippen LogP contribution in [0.1, 0.15) is 38.8 Å². The molecule has 1 aromatic rings. The molecular weight excluding hydrogens is 237 g/mol. The zero-order chi connectivity index (χ0) is 13.8. The molecule has 0 aromatic heterocycles. The summed E-state index contributed by atoms with van der Waals surface area (Å²) in [6.07, 6.45) is 2.86. The average Bonchev–Trinajstić information content (AvgIpc) is 2.81. The van der Waals surface area contributed by atoms with Crippen LogP contribution in [0.3, 0.4) is 0 Å². The topological polar surface area (TPSA) is 30.8 Å². The Morgan fingerprint density at radius 3 is 2.37 bits per heavy atom. The molecular formula is C15H20BNO2. The lowest BCUT2D eigenvalue weighted by atomic mass is 9.74. The maximum Gasteiger partial charge on any atom is 0.497 e. The molecule has 4 heteroatoms. The van der Waals surface area contributed by atoms with E-state index in [0.29, 0.717) is 0 Å². The van der Waals surface area contributed by atoms with Crippen LogP contribution >= 0.6 is 0 Å². The second kappa shape index (κ2) is 3.93. The van der Waals surface area contributed by atoms with E-state index < -0.39 is 0 Å². The molecule has 0 radical (unpaired) electrons. The summed E-state index contributed by atoms with van der Waals surface area (Å²) in [5.41, 5.74) is 3.94. The van der Waals surface area contributed by atoms with E-state index in [1.807, 2.05) is 6.21 Å². The highest BCUT2D eigenvalue weighted by Gasteiger charge is 2.52. The number of aryl methyl sites for hydroxylation is 1. The highest BCUT2D eigenvalue weighted by Crippen LogP contribution is 2.38. The molecule has 2 heterocycles. The molecule has 2 aliphatic heterocycles. The van der Waals surface area contributed by atoms with Gasteiger partial charge in [0.2, 0.25) is 0 Å². The van der Waals surface area contributed by atoms with Gasteiger partial charge in [0.05, 0.1) is 16.9 Å². The Morgan fingerprint density at radius 2 is 1.74 bits per heavy atom. The standard InChI is InChI=1S/C15H20BNO2/c1-10-6-7-11-8-9-17-13(11)12(10)16-18-14(2,3)15(4,5)19-16/h6-7,9H,8H2,1-5H3. The van der Waals surface area contributed by atoms with Crippen molar-refractivity contribution in [3.05, 3.63) is 23.3 Å². The summed E-state index contributed by atoms with van der Waals surface area (Å²) in [5.74, 6) is 0. The van der Waals surface area contributed by atoms with E-state index in [2.05, 4.69) is 51.7 Å². The maximum atomic E-state index is 6.16. The Bertz CT molecular complexity index is 548. The Hall–Kier alpha value is -1.13. The summed E-state index contributed by atoms with van der Waals surface area (Å²) in [4.78, 5) is 4.52. The molecule has 1 fully saturated rings. The molecule has 0 saturated carbocycles. The first-order chi connectivity index (χ1) is 8.82. The smallest absolute Gasteiger partial charge is 0.399 e. The maximum absolute atomic E-state index is 6.16. The van der Waals surface area contributed by atoms with Gasteiger partial charge in [-0.3, -0.25) is 4.99 Å². The zero-order valence-electron chi connectivity index (χ0n) is 12.3. The minimum absolute atomic E-state index is 0.310. The van der Waals surface area contributed by atoms with Gasteiger partial charge in [-0.2, -0.15) is 0 Å². The molecule has 0 unspecified atom stereocenters. The van der Waals surface area contributed by atoms with Gasteiger partial charge in [-0.1, -0.05) is 12.1 Å². The van der Waals surface area contributed by atoms with E-state index in [1.165, 1.54) is 11.1 Å². The second-order valence-corrected chi connectivity index (χ2v) is 6.41. The molecule has 3 nitrogen and oxygen atoms in total. The fourth-order valence-electron chi connectivity index (χ4n) is 2.56. The Kier molecular flexibility index (Phi) is 2.67. The van der Waals surface area contributed by atoms with Crippen LogP contribution in [-0.4, -0.2) is 24.5 Å². The van der Waals surface area contributed by atoms with E-state index in [9.17, 15) is 0 Å². The summed E-state index contributed by atoms with van der Waals surface area (Å²) in [7, 11) is -0.324. The molecule has 0 spiro atoms. The second-order valence-electron chi connectivity index (χ2n) is 6.41. The van der Waals surface area contributed by atoms with Crippen LogP contribution < -0.4 is 5.46 Å². The first kappa shape index (κ1) is 12.9. The Balaban J connectivity index is 2.06. The number of aliphatic imine (C=N–C) groups is 1. The van der Waals surface area contributed by atoms with Crippen LogP contribution in [0.4, 0.5) is 5.69 Å². The van der Waals surface area contributed by atoms with Crippen LogP contribution in [0.5, 0.6) is 0 Å². The fourth-order valence-corrected chi connectivity index (χ4v) is 2.56. The van der Waals surface area contributed by atoms with Gasteiger partial charge >= 0.3 is 7.12 Å². The summed E-state index contributed by atoms with van der Waals surface area (Å²) >= 11 is 0. The number of nitrogens with zero attached hydrogens (tertiary/aromatic N) is 1. The first-order valence-electron chi connectivity index (χ1n) is 6.82. The minimum atomic E-state index is -0.324.